The molecule has 3 N–H and O–H groups in total. The molecule has 0 unspecified atom stereocenters. The molecular formula is C10H17Cl2N5OS. The molecule has 0 aliphatic heterocycles. The maximum atomic E-state index is 6.61. The summed E-state index contributed by atoms with van der Waals surface area (Å²) in [6.07, 6.45) is 1.74. The van der Waals surface area contributed by atoms with E-state index >= 15 is 0 Å². The van der Waals surface area contributed by atoms with Crippen LogP contribution in [0.25, 0.3) is 0 Å². The van der Waals surface area contributed by atoms with Gasteiger partial charge in [-0.1, -0.05) is 0 Å². The first-order chi connectivity index (χ1) is 8.27. The molecule has 0 aliphatic rings. The van der Waals surface area contributed by atoms with E-state index in [-0.39, 0.29) is 30.8 Å². The number of guanidine groups is 1. The molecule has 0 aliphatic carbocycles. The van der Waals surface area contributed by atoms with Gasteiger partial charge in [-0.3, -0.25) is 4.98 Å². The minimum absolute atomic E-state index is 0. The van der Waals surface area contributed by atoms with Gasteiger partial charge in [0.05, 0.1) is 19.3 Å². The van der Waals surface area contributed by atoms with E-state index in [0.29, 0.717) is 6.54 Å². The Labute approximate surface area is 128 Å². The fourth-order valence-corrected chi connectivity index (χ4v) is 1.92. The van der Waals surface area contributed by atoms with Crippen LogP contribution in [0.5, 0.6) is 5.75 Å². The second-order valence-corrected chi connectivity index (χ2v) is 4.16. The van der Waals surface area contributed by atoms with Gasteiger partial charge in [-0.05, 0) is 12.1 Å². The Morgan fingerprint density at radius 1 is 1.53 bits per heavy atom. The van der Waals surface area contributed by atoms with Crippen molar-refractivity contribution in [3.05, 3.63) is 24.0 Å². The molecule has 108 valence electrons. The van der Waals surface area contributed by atoms with E-state index in [1.54, 1.807) is 25.1 Å². The van der Waals surface area contributed by atoms with Crippen molar-refractivity contribution in [3.63, 3.8) is 0 Å². The molecule has 6 nitrogen and oxygen atoms in total. The Bertz CT molecular complexity index is 405. The summed E-state index contributed by atoms with van der Waals surface area (Å²) >= 11 is 1.68. The smallest absolute Gasteiger partial charge is 0.234 e. The highest BCUT2D eigenvalue weighted by Crippen LogP contribution is 2.19. The van der Waals surface area contributed by atoms with Gasteiger partial charge in [0.15, 0.2) is 0 Å². The van der Waals surface area contributed by atoms with Gasteiger partial charge in [0.25, 0.3) is 0 Å². The molecule has 0 amide bonds. The first-order valence-electron chi connectivity index (χ1n) is 5.01. The quantitative estimate of drug-likeness (QED) is 0.363. The molecule has 19 heavy (non-hydrogen) atoms. The van der Waals surface area contributed by atoms with Crippen LogP contribution in [0.2, 0.25) is 0 Å². The zero-order valence-electron chi connectivity index (χ0n) is 10.4. The topological polar surface area (TPSA) is 96.7 Å². The number of halogens is 2. The molecule has 0 fully saturated rings. The fourth-order valence-electron chi connectivity index (χ4n) is 1.15. The lowest BCUT2D eigenvalue weighted by Gasteiger charge is -2.05. The van der Waals surface area contributed by atoms with E-state index in [0.717, 1.165) is 22.9 Å². The molecule has 1 rings (SSSR count). The summed E-state index contributed by atoms with van der Waals surface area (Å²) in [4.78, 5) is 8.13. The summed E-state index contributed by atoms with van der Waals surface area (Å²) in [5.41, 5.74) is 12.8. The molecule has 0 saturated carbocycles. The highest BCUT2D eigenvalue weighted by molar-refractivity contribution is 7.98. The number of ether oxygens (including phenoxy) is 1. The van der Waals surface area contributed by atoms with Gasteiger partial charge >= 0.3 is 0 Å². The maximum absolute atomic E-state index is 6.61. The standard InChI is InChI=1S/C10H15N5OS.2ClH/c1-16-9-3-2-4-13-8(9)7-17-6-5-14-10(11)15-12;;/h2-4,12H,5-7H2,1H3,(H2,11,14);2*1H. The molecule has 1 aromatic rings. The van der Waals surface area contributed by atoms with Crippen LogP contribution in [-0.4, -0.2) is 30.4 Å². The lowest BCUT2D eigenvalue weighted by atomic mass is 10.3. The normalized spacial score (nSPS) is 10.1. The molecule has 1 aromatic heterocycles. The molecular weight excluding hydrogens is 309 g/mol. The lowest BCUT2D eigenvalue weighted by molar-refractivity contribution is 0.409. The van der Waals surface area contributed by atoms with Gasteiger partial charge in [-0.15, -0.1) is 29.9 Å². The van der Waals surface area contributed by atoms with Crippen molar-refractivity contribution in [3.8, 4) is 5.75 Å². The first-order valence-corrected chi connectivity index (χ1v) is 6.16. The van der Waals surface area contributed by atoms with E-state index < -0.39 is 0 Å². The molecule has 0 radical (unpaired) electrons. The Hall–Kier alpha value is -1.05. The number of hydrogen-bond acceptors (Lipinski definition) is 5. The van der Waals surface area contributed by atoms with Crippen LogP contribution >= 0.6 is 36.6 Å². The largest absolute Gasteiger partial charge is 0.495 e. The van der Waals surface area contributed by atoms with Gasteiger partial charge in [0.2, 0.25) is 5.96 Å². The molecule has 0 spiro atoms. The summed E-state index contributed by atoms with van der Waals surface area (Å²) in [5, 5.41) is 3.01. The Morgan fingerprint density at radius 3 is 2.89 bits per heavy atom. The van der Waals surface area contributed by atoms with Crippen LogP contribution in [0.1, 0.15) is 5.69 Å². The second-order valence-electron chi connectivity index (χ2n) is 3.06. The van der Waals surface area contributed by atoms with Crippen molar-refractivity contribution >= 4 is 42.5 Å². The molecule has 0 atom stereocenters. The first kappa shape index (κ1) is 20.3. The summed E-state index contributed by atoms with van der Waals surface area (Å²) in [6, 6.07) is 3.73. The summed E-state index contributed by atoms with van der Waals surface area (Å²) < 4.78 is 5.19. The number of nitrogens with two attached hydrogens (primary N) is 1. The van der Waals surface area contributed by atoms with E-state index in [2.05, 4.69) is 15.1 Å². The Kier molecular flexibility index (Phi) is 12.8. The van der Waals surface area contributed by atoms with Crippen LogP contribution in [0.4, 0.5) is 0 Å². The molecule has 0 saturated heterocycles. The number of nitrogens with one attached hydrogen (secondary N) is 1. The average Bonchev–Trinajstić information content (AvgIpc) is 2.38. The van der Waals surface area contributed by atoms with Crippen LogP contribution in [0, 0.1) is 5.53 Å². The van der Waals surface area contributed by atoms with E-state index in [4.69, 9.17) is 16.0 Å². The summed E-state index contributed by atoms with van der Waals surface area (Å²) in [6.45, 7) is 0.550. The Balaban J connectivity index is 0. The number of methoxy groups -OCH3 is 1. The van der Waals surface area contributed by atoms with Crippen LogP contribution in [0.15, 0.2) is 28.4 Å². The third-order valence-corrected chi connectivity index (χ3v) is 2.88. The van der Waals surface area contributed by atoms with E-state index in [1.165, 1.54) is 0 Å². The second kappa shape index (κ2) is 12.0. The highest BCUT2D eigenvalue weighted by atomic mass is 35.5. The maximum Gasteiger partial charge on any atom is 0.234 e. The van der Waals surface area contributed by atoms with Gasteiger partial charge in [-0.2, -0.15) is 11.8 Å². The van der Waals surface area contributed by atoms with Crippen molar-refractivity contribution in [2.45, 2.75) is 5.75 Å². The van der Waals surface area contributed by atoms with Crippen molar-refractivity contribution in [1.82, 2.24) is 4.98 Å². The number of aliphatic imine (C=N–C) groups is 1. The number of rotatable bonds is 6. The monoisotopic (exact) mass is 325 g/mol. The van der Waals surface area contributed by atoms with Crippen molar-refractivity contribution in [2.24, 2.45) is 15.8 Å². The third kappa shape index (κ3) is 7.86. The fraction of sp³-hybridized carbons (Fsp3) is 0.400. The van der Waals surface area contributed by atoms with Crippen molar-refractivity contribution in [2.75, 3.05) is 19.4 Å². The average molecular weight is 326 g/mol. The SMILES string of the molecule is COc1cccnc1CSCC/N=C(/N)N=N.Cl.Cl. The van der Waals surface area contributed by atoms with Crippen LogP contribution in [-0.2, 0) is 5.75 Å². The zero-order chi connectivity index (χ0) is 12.5. The predicted octanol–water partition coefficient (Wildman–Crippen LogP) is 2.51. The molecule has 0 bridgehead atoms. The van der Waals surface area contributed by atoms with E-state index in [9.17, 15) is 0 Å². The Morgan fingerprint density at radius 2 is 2.26 bits per heavy atom. The summed E-state index contributed by atoms with van der Waals surface area (Å²) in [5.74, 6) is 2.37. The van der Waals surface area contributed by atoms with Crippen molar-refractivity contribution < 1.29 is 4.74 Å². The zero-order valence-corrected chi connectivity index (χ0v) is 12.9. The number of nitrogens with zero attached hydrogens (tertiary/aromatic N) is 3. The lowest BCUT2D eigenvalue weighted by Crippen LogP contribution is -2.08. The minimum Gasteiger partial charge on any atom is -0.495 e. The number of aromatic nitrogens is 1. The highest BCUT2D eigenvalue weighted by Gasteiger charge is 2.02. The van der Waals surface area contributed by atoms with Crippen LogP contribution in [0.3, 0.4) is 0 Å². The predicted molar refractivity (Wildman–Crippen MR) is 83.1 cm³/mol. The minimum atomic E-state index is 0. The number of pyridine rings is 1. The van der Waals surface area contributed by atoms with Crippen LogP contribution < -0.4 is 10.5 Å². The summed E-state index contributed by atoms with van der Waals surface area (Å²) in [7, 11) is 1.63. The van der Waals surface area contributed by atoms with Gasteiger partial charge in [0, 0.05) is 17.7 Å². The van der Waals surface area contributed by atoms with E-state index in [1.807, 2.05) is 12.1 Å². The number of thioether (sulfide) groups is 1. The molecule has 1 heterocycles. The third-order valence-electron chi connectivity index (χ3n) is 1.93. The number of hydrogen-bond donors (Lipinski definition) is 2. The molecule has 9 heteroatoms. The van der Waals surface area contributed by atoms with Gasteiger partial charge in [0.1, 0.15) is 5.75 Å². The molecule has 0 aromatic carbocycles. The van der Waals surface area contributed by atoms with Gasteiger partial charge in [-0.25, -0.2) is 10.5 Å². The van der Waals surface area contributed by atoms with Gasteiger partial charge < -0.3 is 10.5 Å². The van der Waals surface area contributed by atoms with Crippen molar-refractivity contribution in [1.29, 1.82) is 5.53 Å².